The van der Waals surface area contributed by atoms with Crippen molar-refractivity contribution in [2.45, 2.75) is 45.3 Å². The molecule has 4 rings (SSSR count). The van der Waals surface area contributed by atoms with E-state index in [1.807, 2.05) is 37.0 Å². The lowest BCUT2D eigenvalue weighted by molar-refractivity contribution is 0.315. The molecule has 0 spiro atoms. The molecule has 0 amide bonds. The number of hydrogen-bond donors (Lipinski definition) is 2. The summed E-state index contributed by atoms with van der Waals surface area (Å²) < 4.78 is 1.98. The van der Waals surface area contributed by atoms with E-state index in [4.69, 9.17) is 0 Å². The minimum Gasteiger partial charge on any atom is -0.352 e. The van der Waals surface area contributed by atoms with Crippen LogP contribution in [-0.4, -0.2) is 57.6 Å². The average molecular weight is 368 g/mol. The van der Waals surface area contributed by atoms with Gasteiger partial charge in [-0.05, 0) is 37.3 Å². The highest BCUT2D eigenvalue weighted by molar-refractivity contribution is 5.80. The third kappa shape index (κ3) is 4.13. The number of pyridine rings is 1. The van der Waals surface area contributed by atoms with Crippen LogP contribution in [0, 0.1) is 12.8 Å². The number of rotatable bonds is 5. The fourth-order valence-electron chi connectivity index (χ4n) is 3.77. The zero-order valence-corrected chi connectivity index (χ0v) is 16.4. The number of likely N-dealkylation sites (tertiary alicyclic amines) is 1. The molecule has 2 aromatic rings. The Balaban J connectivity index is 1.31. The number of imidazole rings is 1. The summed E-state index contributed by atoms with van der Waals surface area (Å²) >= 11 is 0. The number of nitrogens with one attached hydrogen (secondary N) is 2. The van der Waals surface area contributed by atoms with Crippen molar-refractivity contribution >= 4 is 5.96 Å². The molecular formula is C20H29N7. The van der Waals surface area contributed by atoms with Crippen molar-refractivity contribution in [3.8, 4) is 5.82 Å². The molecule has 3 heterocycles. The topological polar surface area (TPSA) is 70.4 Å². The summed E-state index contributed by atoms with van der Waals surface area (Å²) in [5.41, 5.74) is 1.12. The maximum absolute atomic E-state index is 4.55. The summed E-state index contributed by atoms with van der Waals surface area (Å²) in [6.07, 6.45) is 8.36. The third-order valence-corrected chi connectivity index (χ3v) is 5.59. The lowest BCUT2D eigenvalue weighted by Gasteiger charge is -2.20. The second-order valence-electron chi connectivity index (χ2n) is 7.71. The quantitative estimate of drug-likeness (QED) is 0.622. The smallest absolute Gasteiger partial charge is 0.191 e. The molecule has 1 aliphatic heterocycles. The van der Waals surface area contributed by atoms with Gasteiger partial charge in [-0.2, -0.15) is 0 Å². The Morgan fingerprint density at radius 1 is 1.26 bits per heavy atom. The molecule has 2 atom stereocenters. The lowest BCUT2D eigenvalue weighted by atomic mass is 10.1. The van der Waals surface area contributed by atoms with Gasteiger partial charge in [0.05, 0.1) is 0 Å². The van der Waals surface area contributed by atoms with Crippen molar-refractivity contribution in [3.63, 3.8) is 0 Å². The van der Waals surface area contributed by atoms with E-state index >= 15 is 0 Å². The van der Waals surface area contributed by atoms with Crippen LogP contribution in [0.3, 0.4) is 0 Å². The minimum atomic E-state index is 0.460. The Labute approximate surface area is 160 Å². The van der Waals surface area contributed by atoms with Crippen molar-refractivity contribution in [3.05, 3.63) is 42.1 Å². The van der Waals surface area contributed by atoms with Gasteiger partial charge in [-0.1, -0.05) is 13.0 Å². The van der Waals surface area contributed by atoms with Crippen LogP contribution >= 0.6 is 0 Å². The molecule has 7 nitrogen and oxygen atoms in total. The Morgan fingerprint density at radius 3 is 2.74 bits per heavy atom. The highest BCUT2D eigenvalue weighted by Crippen LogP contribution is 2.31. The van der Waals surface area contributed by atoms with Gasteiger partial charge in [-0.25, -0.2) is 9.97 Å². The van der Waals surface area contributed by atoms with Crippen LogP contribution in [-0.2, 0) is 6.54 Å². The first-order valence-corrected chi connectivity index (χ1v) is 9.80. The van der Waals surface area contributed by atoms with E-state index in [0.717, 1.165) is 35.8 Å². The van der Waals surface area contributed by atoms with E-state index in [9.17, 15) is 0 Å². The van der Waals surface area contributed by atoms with Gasteiger partial charge in [0.25, 0.3) is 0 Å². The molecule has 0 radical (unpaired) electrons. The number of guanidine groups is 1. The van der Waals surface area contributed by atoms with Gasteiger partial charge in [0.2, 0.25) is 0 Å². The first kappa shape index (κ1) is 18.0. The summed E-state index contributed by atoms with van der Waals surface area (Å²) in [5.74, 6) is 3.32. The van der Waals surface area contributed by atoms with E-state index < -0.39 is 0 Å². The molecule has 1 saturated heterocycles. The highest BCUT2D eigenvalue weighted by atomic mass is 15.3. The second-order valence-corrected chi connectivity index (χ2v) is 7.71. The number of aromatic nitrogens is 3. The van der Waals surface area contributed by atoms with Crippen molar-refractivity contribution in [2.24, 2.45) is 10.9 Å². The van der Waals surface area contributed by atoms with E-state index in [1.165, 1.54) is 19.4 Å². The number of hydrogen-bond acceptors (Lipinski definition) is 4. The van der Waals surface area contributed by atoms with Gasteiger partial charge in [0, 0.05) is 57.4 Å². The molecule has 2 fully saturated rings. The SMILES string of the molecule is CN=C(NCc1ccc(-n2ccnc2C)nc1)NC1CN(C2CC2)CC1C. The van der Waals surface area contributed by atoms with E-state index in [0.29, 0.717) is 18.5 Å². The number of aliphatic imine (C=N–C) groups is 1. The van der Waals surface area contributed by atoms with E-state index in [2.05, 4.69) is 43.5 Å². The summed E-state index contributed by atoms with van der Waals surface area (Å²) in [4.78, 5) is 15.8. The van der Waals surface area contributed by atoms with Crippen LogP contribution < -0.4 is 10.6 Å². The minimum absolute atomic E-state index is 0.460. The maximum atomic E-state index is 4.55. The predicted molar refractivity (Wildman–Crippen MR) is 107 cm³/mol. The van der Waals surface area contributed by atoms with Crippen molar-refractivity contribution in [1.82, 2.24) is 30.1 Å². The first-order valence-electron chi connectivity index (χ1n) is 9.80. The lowest BCUT2D eigenvalue weighted by Crippen LogP contribution is -2.46. The number of nitrogens with zero attached hydrogens (tertiary/aromatic N) is 5. The third-order valence-electron chi connectivity index (χ3n) is 5.59. The molecule has 1 saturated carbocycles. The fraction of sp³-hybridized carbons (Fsp3) is 0.550. The fourth-order valence-corrected chi connectivity index (χ4v) is 3.77. The molecule has 0 aromatic carbocycles. The molecule has 144 valence electrons. The second kappa shape index (κ2) is 7.68. The first-order chi connectivity index (χ1) is 13.1. The summed E-state index contributed by atoms with van der Waals surface area (Å²) in [6.45, 7) is 7.31. The van der Waals surface area contributed by atoms with E-state index in [-0.39, 0.29) is 0 Å². The van der Waals surface area contributed by atoms with Gasteiger partial charge < -0.3 is 10.6 Å². The average Bonchev–Trinajstić information content (AvgIpc) is 3.35. The van der Waals surface area contributed by atoms with Gasteiger partial charge in [-0.3, -0.25) is 14.5 Å². The predicted octanol–water partition coefficient (Wildman–Crippen LogP) is 1.72. The summed E-state index contributed by atoms with van der Waals surface area (Å²) in [7, 11) is 1.83. The van der Waals surface area contributed by atoms with Crippen molar-refractivity contribution in [1.29, 1.82) is 0 Å². The Morgan fingerprint density at radius 2 is 2.11 bits per heavy atom. The van der Waals surface area contributed by atoms with Crippen LogP contribution in [0.4, 0.5) is 0 Å². The van der Waals surface area contributed by atoms with Gasteiger partial charge in [-0.15, -0.1) is 0 Å². The summed E-state index contributed by atoms with van der Waals surface area (Å²) in [5, 5.41) is 7.02. The van der Waals surface area contributed by atoms with Crippen LogP contribution in [0.1, 0.15) is 31.2 Å². The molecule has 0 bridgehead atoms. The number of aryl methyl sites for hydroxylation is 1. The van der Waals surface area contributed by atoms with Crippen LogP contribution in [0.15, 0.2) is 35.7 Å². The van der Waals surface area contributed by atoms with Gasteiger partial charge in [0.15, 0.2) is 5.96 Å². The maximum Gasteiger partial charge on any atom is 0.191 e. The normalized spacial score (nSPS) is 23.6. The largest absolute Gasteiger partial charge is 0.352 e. The Bertz CT molecular complexity index is 791. The van der Waals surface area contributed by atoms with Gasteiger partial charge >= 0.3 is 0 Å². The molecule has 2 unspecified atom stereocenters. The molecule has 2 aromatic heterocycles. The van der Waals surface area contributed by atoms with Crippen LogP contribution in [0.5, 0.6) is 0 Å². The zero-order valence-electron chi connectivity index (χ0n) is 16.4. The molecule has 1 aliphatic carbocycles. The molecule has 7 heteroatoms. The van der Waals surface area contributed by atoms with Crippen LogP contribution in [0.25, 0.3) is 5.82 Å². The Kier molecular flexibility index (Phi) is 5.11. The standard InChI is InChI=1S/C20H29N7/c1-14-12-26(17-5-6-17)13-18(14)25-20(21-3)24-11-16-4-7-19(23-10-16)27-9-8-22-15(27)2/h4,7-10,14,17-18H,5-6,11-13H2,1-3H3,(H2,21,24,25). The molecule has 2 aliphatic rings. The molecule has 27 heavy (non-hydrogen) atoms. The van der Waals surface area contributed by atoms with Gasteiger partial charge in [0.1, 0.15) is 11.6 Å². The van der Waals surface area contributed by atoms with Crippen LogP contribution in [0.2, 0.25) is 0 Å². The Hall–Kier alpha value is -2.41. The molecular weight excluding hydrogens is 338 g/mol. The van der Waals surface area contributed by atoms with Crippen molar-refractivity contribution in [2.75, 3.05) is 20.1 Å². The highest BCUT2D eigenvalue weighted by Gasteiger charge is 2.38. The van der Waals surface area contributed by atoms with Crippen molar-refractivity contribution < 1.29 is 0 Å². The zero-order chi connectivity index (χ0) is 18.8. The summed E-state index contributed by atoms with van der Waals surface area (Å²) in [6, 6.07) is 5.41. The van der Waals surface area contributed by atoms with E-state index in [1.54, 1.807) is 6.20 Å². The monoisotopic (exact) mass is 367 g/mol. The molecule has 2 N–H and O–H groups in total.